The van der Waals surface area contributed by atoms with Gasteiger partial charge < -0.3 is 15.2 Å². The van der Waals surface area contributed by atoms with Gasteiger partial charge in [0.05, 0.1) is 17.9 Å². The predicted octanol–water partition coefficient (Wildman–Crippen LogP) is 3.57. The van der Waals surface area contributed by atoms with E-state index in [4.69, 9.17) is 9.84 Å². The molecule has 6 nitrogen and oxygen atoms in total. The van der Waals surface area contributed by atoms with Gasteiger partial charge in [0.1, 0.15) is 17.3 Å². The average molecular weight is 386 g/mol. The van der Waals surface area contributed by atoms with Crippen LogP contribution in [0.5, 0.6) is 5.75 Å². The van der Waals surface area contributed by atoms with Crippen LogP contribution >= 0.6 is 11.8 Å². The smallest absolute Gasteiger partial charge is 0.306 e. The Bertz CT molecular complexity index is 926. The zero-order valence-corrected chi connectivity index (χ0v) is 14.8. The predicted molar refractivity (Wildman–Crippen MR) is 101 cm³/mol. The molecule has 0 bridgehead atoms. The quantitative estimate of drug-likeness (QED) is 0.741. The van der Waals surface area contributed by atoms with Crippen molar-refractivity contribution in [2.24, 2.45) is 4.99 Å². The first-order valence-electron chi connectivity index (χ1n) is 8.00. The van der Waals surface area contributed by atoms with Crippen LogP contribution in [0, 0.1) is 5.82 Å². The number of ether oxygens (including phenoxy) is 1. The Morgan fingerprint density at radius 1 is 1.22 bits per heavy atom. The second kappa shape index (κ2) is 8.50. The lowest BCUT2D eigenvalue weighted by Gasteiger charge is -2.04. The zero-order chi connectivity index (χ0) is 19.2. The molecule has 1 fully saturated rings. The lowest BCUT2D eigenvalue weighted by atomic mass is 10.2. The molecule has 0 aromatic heterocycles. The van der Waals surface area contributed by atoms with E-state index < -0.39 is 11.8 Å². The second-order valence-corrected chi connectivity index (χ2v) is 6.53. The summed E-state index contributed by atoms with van der Waals surface area (Å²) in [6.07, 6.45) is 1.61. The van der Waals surface area contributed by atoms with Gasteiger partial charge in [0.25, 0.3) is 5.91 Å². The Labute approximate surface area is 158 Å². The summed E-state index contributed by atoms with van der Waals surface area (Å²) in [5.41, 5.74) is 0.926. The SMILES string of the molecule is O=C(O)CCOc1ccc(/C=C2/SC(=Nc3ccccc3F)NC2=O)cc1. The summed E-state index contributed by atoms with van der Waals surface area (Å²) in [6.45, 7) is 0.0872. The third kappa shape index (κ3) is 5.18. The Morgan fingerprint density at radius 2 is 1.96 bits per heavy atom. The molecule has 8 heteroatoms. The van der Waals surface area contributed by atoms with Gasteiger partial charge in [0.15, 0.2) is 5.17 Å². The minimum Gasteiger partial charge on any atom is -0.493 e. The summed E-state index contributed by atoms with van der Waals surface area (Å²) in [4.78, 5) is 27.1. The van der Waals surface area contributed by atoms with Crippen molar-refractivity contribution in [2.45, 2.75) is 6.42 Å². The molecule has 2 aromatic carbocycles. The number of amides is 1. The monoisotopic (exact) mass is 386 g/mol. The molecular formula is C19H15FN2O4S. The van der Waals surface area contributed by atoms with Gasteiger partial charge in [-0.25, -0.2) is 9.38 Å². The van der Waals surface area contributed by atoms with E-state index in [2.05, 4.69) is 10.3 Å². The highest BCUT2D eigenvalue weighted by atomic mass is 32.2. The van der Waals surface area contributed by atoms with Crippen LogP contribution in [0.25, 0.3) is 6.08 Å². The van der Waals surface area contributed by atoms with Gasteiger partial charge in [0, 0.05) is 0 Å². The first kappa shape index (κ1) is 18.7. The van der Waals surface area contributed by atoms with Gasteiger partial charge in [-0.2, -0.15) is 0 Å². The highest BCUT2D eigenvalue weighted by molar-refractivity contribution is 8.18. The topological polar surface area (TPSA) is 88.0 Å². The van der Waals surface area contributed by atoms with Crippen molar-refractivity contribution in [3.05, 3.63) is 64.8 Å². The molecule has 0 unspecified atom stereocenters. The van der Waals surface area contributed by atoms with Gasteiger partial charge in [-0.05, 0) is 47.7 Å². The summed E-state index contributed by atoms with van der Waals surface area (Å²) in [6, 6.07) is 13.0. The van der Waals surface area contributed by atoms with Crippen LogP contribution < -0.4 is 10.1 Å². The number of amidine groups is 1. The number of rotatable bonds is 6. The van der Waals surface area contributed by atoms with Crippen molar-refractivity contribution in [3.8, 4) is 5.75 Å². The van der Waals surface area contributed by atoms with Crippen molar-refractivity contribution >= 4 is 40.6 Å². The van der Waals surface area contributed by atoms with Crippen molar-refractivity contribution in [1.29, 1.82) is 0 Å². The van der Waals surface area contributed by atoms with Gasteiger partial charge in [-0.15, -0.1) is 0 Å². The van der Waals surface area contributed by atoms with Crippen molar-refractivity contribution in [3.63, 3.8) is 0 Å². The van der Waals surface area contributed by atoms with E-state index in [0.29, 0.717) is 15.8 Å². The van der Waals surface area contributed by atoms with E-state index in [1.807, 2.05) is 0 Å². The molecule has 0 saturated carbocycles. The van der Waals surface area contributed by atoms with Crippen molar-refractivity contribution in [2.75, 3.05) is 6.61 Å². The minimum atomic E-state index is -0.923. The van der Waals surface area contributed by atoms with Gasteiger partial charge in [-0.1, -0.05) is 24.3 Å². The van der Waals surface area contributed by atoms with Crippen LogP contribution in [0.1, 0.15) is 12.0 Å². The largest absolute Gasteiger partial charge is 0.493 e. The highest BCUT2D eigenvalue weighted by Crippen LogP contribution is 2.29. The van der Waals surface area contributed by atoms with Crippen LogP contribution in [0.15, 0.2) is 58.4 Å². The lowest BCUT2D eigenvalue weighted by molar-refractivity contribution is -0.137. The maximum atomic E-state index is 13.7. The molecule has 138 valence electrons. The second-order valence-electron chi connectivity index (χ2n) is 5.49. The van der Waals surface area contributed by atoms with Gasteiger partial charge >= 0.3 is 5.97 Å². The van der Waals surface area contributed by atoms with E-state index >= 15 is 0 Å². The van der Waals surface area contributed by atoms with Crippen LogP contribution in [0.4, 0.5) is 10.1 Å². The summed E-state index contributed by atoms with van der Waals surface area (Å²) < 4.78 is 19.0. The summed E-state index contributed by atoms with van der Waals surface area (Å²) in [5, 5.41) is 11.5. The number of aliphatic carboxylic acids is 1. The van der Waals surface area contributed by atoms with Gasteiger partial charge in [0.2, 0.25) is 0 Å². The summed E-state index contributed by atoms with van der Waals surface area (Å²) in [5.74, 6) is -1.15. The number of benzene rings is 2. The Morgan fingerprint density at radius 3 is 2.67 bits per heavy atom. The van der Waals surface area contributed by atoms with Crippen LogP contribution in [-0.4, -0.2) is 28.8 Å². The number of carboxylic acid groups (broad SMARTS) is 1. The molecule has 2 aromatic rings. The third-order valence-corrected chi connectivity index (χ3v) is 4.40. The molecule has 0 aliphatic carbocycles. The molecule has 0 radical (unpaired) electrons. The van der Waals surface area contributed by atoms with E-state index in [-0.39, 0.29) is 24.6 Å². The van der Waals surface area contributed by atoms with Crippen molar-refractivity contribution in [1.82, 2.24) is 5.32 Å². The van der Waals surface area contributed by atoms with Crippen molar-refractivity contribution < 1.29 is 23.8 Å². The number of carbonyl (C=O) groups is 2. The Hall–Kier alpha value is -3.13. The number of nitrogens with zero attached hydrogens (tertiary/aromatic N) is 1. The molecule has 1 amide bonds. The number of nitrogens with one attached hydrogen (secondary N) is 1. The number of thioether (sulfide) groups is 1. The van der Waals surface area contributed by atoms with E-state index in [1.165, 1.54) is 12.1 Å². The standard InChI is InChI=1S/C19H15FN2O4S/c20-14-3-1-2-4-15(14)21-19-22-18(25)16(27-19)11-12-5-7-13(8-6-12)26-10-9-17(23)24/h1-8,11H,9-10H2,(H,23,24)(H,21,22,25)/b16-11+. The van der Waals surface area contributed by atoms with Crippen LogP contribution in [-0.2, 0) is 9.59 Å². The summed E-state index contributed by atoms with van der Waals surface area (Å²) in [7, 11) is 0. The molecule has 1 heterocycles. The molecule has 0 spiro atoms. The molecule has 1 aliphatic heterocycles. The third-order valence-electron chi connectivity index (χ3n) is 3.49. The Balaban J connectivity index is 1.67. The van der Waals surface area contributed by atoms with Crippen LogP contribution in [0.3, 0.4) is 0 Å². The van der Waals surface area contributed by atoms with Gasteiger partial charge in [-0.3, -0.25) is 9.59 Å². The number of aliphatic imine (C=N–C) groups is 1. The highest BCUT2D eigenvalue weighted by Gasteiger charge is 2.24. The number of carboxylic acids is 1. The number of hydrogen-bond donors (Lipinski definition) is 2. The molecule has 3 rings (SSSR count). The fourth-order valence-corrected chi connectivity index (χ4v) is 3.03. The molecular weight excluding hydrogens is 371 g/mol. The fourth-order valence-electron chi connectivity index (χ4n) is 2.20. The van der Waals surface area contributed by atoms with E-state index in [1.54, 1.807) is 42.5 Å². The minimum absolute atomic E-state index is 0.0767. The maximum absolute atomic E-state index is 13.7. The molecule has 27 heavy (non-hydrogen) atoms. The Kier molecular flexibility index (Phi) is 5.87. The molecule has 1 saturated heterocycles. The maximum Gasteiger partial charge on any atom is 0.306 e. The van der Waals surface area contributed by atoms with Crippen LogP contribution in [0.2, 0.25) is 0 Å². The summed E-state index contributed by atoms with van der Waals surface area (Å²) >= 11 is 1.13. The number of hydrogen-bond acceptors (Lipinski definition) is 5. The number of para-hydroxylation sites is 1. The zero-order valence-electron chi connectivity index (χ0n) is 14.0. The lowest BCUT2D eigenvalue weighted by Crippen LogP contribution is -2.19. The first-order chi connectivity index (χ1) is 13.0. The first-order valence-corrected chi connectivity index (χ1v) is 8.82. The molecule has 2 N–H and O–H groups in total. The van der Waals surface area contributed by atoms with E-state index in [0.717, 1.165) is 17.3 Å². The fraction of sp³-hybridized carbons (Fsp3) is 0.105. The number of halogens is 1. The molecule has 1 aliphatic rings. The number of carbonyl (C=O) groups excluding carboxylic acids is 1. The normalized spacial score (nSPS) is 16.6. The molecule has 0 atom stereocenters. The van der Waals surface area contributed by atoms with E-state index in [9.17, 15) is 14.0 Å². The average Bonchev–Trinajstić information content (AvgIpc) is 2.97.